The van der Waals surface area contributed by atoms with Crippen LogP contribution in [-0.2, 0) is 0 Å². The van der Waals surface area contributed by atoms with Crippen molar-refractivity contribution in [2.24, 2.45) is 0 Å². The van der Waals surface area contributed by atoms with Crippen molar-refractivity contribution in [3.63, 3.8) is 0 Å². The molecule has 3 heterocycles. The molecular weight excluding hydrogens is 374 g/mol. The average molecular weight is 399 g/mol. The zero-order valence-corrected chi connectivity index (χ0v) is 17.3. The molecule has 2 aromatic carbocycles. The molecule has 0 radical (unpaired) electrons. The molecule has 0 spiro atoms. The van der Waals surface area contributed by atoms with Gasteiger partial charge in [0.25, 0.3) is 5.91 Å². The van der Waals surface area contributed by atoms with Crippen LogP contribution < -0.4 is 0 Å². The molecule has 1 aliphatic heterocycles. The molecule has 1 unspecified atom stereocenters. The maximum atomic E-state index is 13.1. The standard InChI is InChI=1S/C24H25N5O/c1-16-14-17(2)29(27-16)20-11-9-18(10-12-20)24(30)28-13-5-6-19(15-28)23-25-21-7-3-4-8-22(21)26-23/h3-4,7-12,14,19H,5-6,13,15H2,1-2H3,(H,25,26). The Balaban J connectivity index is 1.33. The van der Waals surface area contributed by atoms with Gasteiger partial charge in [-0.3, -0.25) is 4.79 Å². The Morgan fingerprint density at radius 1 is 1.10 bits per heavy atom. The van der Waals surface area contributed by atoms with E-state index in [1.54, 1.807) is 0 Å². The van der Waals surface area contributed by atoms with Gasteiger partial charge in [0.05, 0.1) is 22.4 Å². The first-order chi connectivity index (χ1) is 14.6. The quantitative estimate of drug-likeness (QED) is 0.556. The predicted molar refractivity (Wildman–Crippen MR) is 117 cm³/mol. The zero-order chi connectivity index (χ0) is 20.7. The fourth-order valence-electron chi connectivity index (χ4n) is 4.37. The summed E-state index contributed by atoms with van der Waals surface area (Å²) in [6, 6.07) is 17.9. The number of aromatic nitrogens is 4. The Morgan fingerprint density at radius 3 is 2.63 bits per heavy atom. The van der Waals surface area contributed by atoms with Gasteiger partial charge in [-0.15, -0.1) is 0 Å². The number of H-pyrrole nitrogens is 1. The van der Waals surface area contributed by atoms with Crippen LogP contribution in [0.25, 0.3) is 16.7 Å². The van der Waals surface area contributed by atoms with Crippen LogP contribution in [-0.4, -0.2) is 43.6 Å². The van der Waals surface area contributed by atoms with Crippen LogP contribution >= 0.6 is 0 Å². The lowest BCUT2D eigenvalue weighted by molar-refractivity contribution is 0.0705. The lowest BCUT2D eigenvalue weighted by Crippen LogP contribution is -2.39. The number of aromatic amines is 1. The fourth-order valence-corrected chi connectivity index (χ4v) is 4.37. The van der Waals surface area contributed by atoms with E-state index in [1.165, 1.54) is 0 Å². The van der Waals surface area contributed by atoms with Crippen LogP contribution in [0.2, 0.25) is 0 Å². The highest BCUT2D eigenvalue weighted by molar-refractivity contribution is 5.94. The number of benzene rings is 2. The molecular formula is C24H25N5O. The third kappa shape index (κ3) is 3.38. The van der Waals surface area contributed by atoms with Crippen molar-refractivity contribution in [3.05, 3.63) is 77.4 Å². The molecule has 1 fully saturated rings. The summed E-state index contributed by atoms with van der Waals surface area (Å²) in [5.74, 6) is 1.30. The van der Waals surface area contributed by atoms with Gasteiger partial charge in [-0.25, -0.2) is 9.67 Å². The van der Waals surface area contributed by atoms with Gasteiger partial charge in [-0.2, -0.15) is 5.10 Å². The van der Waals surface area contributed by atoms with Gasteiger partial charge in [0.15, 0.2) is 0 Å². The highest BCUT2D eigenvalue weighted by Gasteiger charge is 2.27. The van der Waals surface area contributed by atoms with E-state index < -0.39 is 0 Å². The minimum Gasteiger partial charge on any atom is -0.342 e. The lowest BCUT2D eigenvalue weighted by atomic mass is 9.96. The number of fused-ring (bicyclic) bond motifs is 1. The van der Waals surface area contributed by atoms with Crippen LogP contribution in [0.15, 0.2) is 54.6 Å². The molecule has 6 nitrogen and oxygen atoms in total. The third-order valence-corrected chi connectivity index (χ3v) is 5.87. The van der Waals surface area contributed by atoms with Crippen LogP contribution in [0, 0.1) is 13.8 Å². The number of aryl methyl sites for hydroxylation is 2. The largest absolute Gasteiger partial charge is 0.342 e. The lowest BCUT2D eigenvalue weighted by Gasteiger charge is -2.32. The summed E-state index contributed by atoms with van der Waals surface area (Å²) >= 11 is 0. The number of hydrogen-bond acceptors (Lipinski definition) is 3. The van der Waals surface area contributed by atoms with Crippen molar-refractivity contribution in [3.8, 4) is 5.69 Å². The topological polar surface area (TPSA) is 66.8 Å². The number of para-hydroxylation sites is 2. The molecule has 1 amide bonds. The maximum absolute atomic E-state index is 13.1. The first-order valence-corrected chi connectivity index (χ1v) is 10.5. The summed E-state index contributed by atoms with van der Waals surface area (Å²) in [6.45, 7) is 5.49. The summed E-state index contributed by atoms with van der Waals surface area (Å²) in [6.07, 6.45) is 2.03. The fraction of sp³-hybridized carbons (Fsp3) is 0.292. The second-order valence-corrected chi connectivity index (χ2v) is 8.12. The van der Waals surface area contributed by atoms with E-state index in [-0.39, 0.29) is 11.8 Å². The molecule has 5 rings (SSSR count). The minimum absolute atomic E-state index is 0.0794. The number of imidazole rings is 1. The van der Waals surface area contributed by atoms with Crippen molar-refractivity contribution in [1.29, 1.82) is 0 Å². The highest BCUT2D eigenvalue weighted by Crippen LogP contribution is 2.27. The highest BCUT2D eigenvalue weighted by atomic mass is 16.2. The Labute approximate surface area is 175 Å². The summed E-state index contributed by atoms with van der Waals surface area (Å²) in [4.78, 5) is 23.3. The van der Waals surface area contributed by atoms with Crippen molar-refractivity contribution in [2.45, 2.75) is 32.6 Å². The summed E-state index contributed by atoms with van der Waals surface area (Å²) < 4.78 is 1.90. The van der Waals surface area contributed by atoms with Crippen LogP contribution in [0.4, 0.5) is 0 Å². The number of nitrogens with one attached hydrogen (secondary N) is 1. The minimum atomic E-state index is 0.0794. The Kier molecular flexibility index (Phi) is 4.62. The van der Waals surface area contributed by atoms with Crippen molar-refractivity contribution in [2.75, 3.05) is 13.1 Å². The number of likely N-dealkylation sites (tertiary alicyclic amines) is 1. The number of hydrogen-bond donors (Lipinski definition) is 1. The second kappa shape index (κ2) is 7.44. The van der Waals surface area contributed by atoms with E-state index in [9.17, 15) is 4.79 Å². The van der Waals surface area contributed by atoms with E-state index in [4.69, 9.17) is 4.98 Å². The molecule has 152 valence electrons. The Hall–Kier alpha value is -3.41. The molecule has 1 aliphatic rings. The molecule has 4 aromatic rings. The van der Waals surface area contributed by atoms with E-state index in [0.717, 1.165) is 53.3 Å². The summed E-state index contributed by atoms with van der Waals surface area (Å²) in [5.41, 5.74) is 5.78. The Bertz CT molecular complexity index is 1170. The molecule has 0 aliphatic carbocycles. The number of carbonyl (C=O) groups is 1. The molecule has 2 aromatic heterocycles. The van der Waals surface area contributed by atoms with Crippen LogP contribution in [0.5, 0.6) is 0 Å². The van der Waals surface area contributed by atoms with Crippen molar-refractivity contribution >= 4 is 16.9 Å². The number of amides is 1. The summed E-state index contributed by atoms with van der Waals surface area (Å²) in [5, 5.41) is 4.52. The number of carbonyl (C=O) groups excluding carboxylic acids is 1. The maximum Gasteiger partial charge on any atom is 0.253 e. The third-order valence-electron chi connectivity index (χ3n) is 5.87. The Morgan fingerprint density at radius 2 is 1.90 bits per heavy atom. The van der Waals surface area contributed by atoms with Gasteiger partial charge in [0.2, 0.25) is 0 Å². The van der Waals surface area contributed by atoms with Crippen molar-refractivity contribution in [1.82, 2.24) is 24.6 Å². The van der Waals surface area contributed by atoms with Crippen LogP contribution in [0.3, 0.4) is 0 Å². The van der Waals surface area contributed by atoms with E-state index >= 15 is 0 Å². The van der Waals surface area contributed by atoms with Crippen LogP contribution in [0.1, 0.15) is 46.3 Å². The molecule has 0 saturated carbocycles. The summed E-state index contributed by atoms with van der Waals surface area (Å²) in [7, 11) is 0. The van der Waals surface area contributed by atoms with E-state index in [2.05, 4.69) is 10.1 Å². The smallest absolute Gasteiger partial charge is 0.253 e. The average Bonchev–Trinajstić information content (AvgIpc) is 3.36. The first-order valence-electron chi connectivity index (χ1n) is 10.5. The van der Waals surface area contributed by atoms with E-state index in [1.807, 2.05) is 78.0 Å². The second-order valence-electron chi connectivity index (χ2n) is 8.12. The monoisotopic (exact) mass is 399 g/mol. The normalized spacial score (nSPS) is 16.9. The number of piperidine rings is 1. The van der Waals surface area contributed by atoms with E-state index in [0.29, 0.717) is 12.1 Å². The molecule has 1 N–H and O–H groups in total. The number of nitrogens with zero attached hydrogens (tertiary/aromatic N) is 4. The predicted octanol–water partition coefficient (Wildman–Crippen LogP) is 4.39. The molecule has 6 heteroatoms. The van der Waals surface area contributed by atoms with Gasteiger partial charge < -0.3 is 9.88 Å². The molecule has 0 bridgehead atoms. The van der Waals surface area contributed by atoms with Gasteiger partial charge in [-0.05, 0) is 69.2 Å². The van der Waals surface area contributed by atoms with Gasteiger partial charge >= 0.3 is 0 Å². The SMILES string of the molecule is Cc1cc(C)n(-c2ccc(C(=O)N3CCCC(c4nc5ccccc5[nH]4)C3)cc2)n1. The molecule has 30 heavy (non-hydrogen) atoms. The zero-order valence-electron chi connectivity index (χ0n) is 17.3. The molecule has 1 saturated heterocycles. The van der Waals surface area contributed by atoms with Crippen molar-refractivity contribution < 1.29 is 4.79 Å². The molecule has 1 atom stereocenters. The van der Waals surface area contributed by atoms with Gasteiger partial charge in [0.1, 0.15) is 5.82 Å². The first kappa shape index (κ1) is 18.6. The number of rotatable bonds is 3. The van der Waals surface area contributed by atoms with Gasteiger partial charge in [0, 0.05) is 30.3 Å². The van der Waals surface area contributed by atoms with Gasteiger partial charge in [-0.1, -0.05) is 12.1 Å².